The molecule has 0 saturated carbocycles. The minimum absolute atomic E-state index is 0.147. The van der Waals surface area contributed by atoms with Gasteiger partial charge in [-0.15, -0.1) is 10.2 Å². The van der Waals surface area contributed by atoms with Gasteiger partial charge in [0.15, 0.2) is 11.6 Å². The molecule has 8 heteroatoms. The third kappa shape index (κ3) is 3.43. The summed E-state index contributed by atoms with van der Waals surface area (Å²) in [5, 5.41) is 12.5. The predicted octanol–water partition coefficient (Wildman–Crippen LogP) is 4.14. The maximum Gasteiger partial charge on any atom is 0.203 e. The zero-order valence-electron chi connectivity index (χ0n) is 13.5. The fourth-order valence-corrected chi connectivity index (χ4v) is 4.45. The van der Waals surface area contributed by atoms with Crippen LogP contribution in [0.5, 0.6) is 0 Å². The fraction of sp³-hybridized carbons (Fsp3) is 0.353. The maximum atomic E-state index is 13.2. The van der Waals surface area contributed by atoms with Crippen molar-refractivity contribution >= 4 is 34.8 Å². The van der Waals surface area contributed by atoms with Crippen molar-refractivity contribution in [2.45, 2.75) is 24.5 Å². The molecule has 0 bridgehead atoms. The van der Waals surface area contributed by atoms with Gasteiger partial charge in [-0.3, -0.25) is 4.40 Å². The highest BCUT2D eigenvalue weighted by Gasteiger charge is 2.23. The molecule has 0 unspecified atom stereocenters. The first-order chi connectivity index (χ1) is 12.2. The number of aromatic nitrogens is 4. The van der Waals surface area contributed by atoms with Crippen LogP contribution >= 0.6 is 23.4 Å². The Kier molecular flexibility index (Phi) is 4.76. The van der Waals surface area contributed by atoms with Gasteiger partial charge in [-0.05, 0) is 42.7 Å². The summed E-state index contributed by atoms with van der Waals surface area (Å²) in [6, 6.07) is 4.78. The zero-order chi connectivity index (χ0) is 17.2. The quantitative estimate of drug-likeness (QED) is 0.724. The van der Waals surface area contributed by atoms with Crippen molar-refractivity contribution < 1.29 is 4.39 Å². The summed E-state index contributed by atoms with van der Waals surface area (Å²) in [5.41, 5.74) is 1.71. The Hall–Kier alpha value is -1.86. The van der Waals surface area contributed by atoms with Gasteiger partial charge in [-0.25, -0.2) is 9.37 Å². The van der Waals surface area contributed by atoms with Crippen LogP contribution in [0, 0.1) is 5.82 Å². The molecule has 1 fully saturated rings. The van der Waals surface area contributed by atoms with E-state index in [1.54, 1.807) is 18.3 Å². The van der Waals surface area contributed by atoms with Gasteiger partial charge in [0.25, 0.3) is 0 Å². The van der Waals surface area contributed by atoms with Gasteiger partial charge in [-0.2, -0.15) is 11.8 Å². The molecule has 5 nitrogen and oxygen atoms in total. The van der Waals surface area contributed by atoms with E-state index in [0.717, 1.165) is 23.5 Å². The fourth-order valence-electron chi connectivity index (χ4n) is 2.99. The van der Waals surface area contributed by atoms with Gasteiger partial charge in [0.1, 0.15) is 5.82 Å². The Morgan fingerprint density at radius 2 is 2.28 bits per heavy atom. The molecule has 0 aliphatic carbocycles. The summed E-state index contributed by atoms with van der Waals surface area (Å²) >= 11 is 7.75. The molecule has 1 N–H and O–H groups in total. The molecular weight excluding hydrogens is 361 g/mol. The topological polar surface area (TPSA) is 55.1 Å². The first-order valence-electron chi connectivity index (χ1n) is 8.21. The van der Waals surface area contributed by atoms with Crippen LogP contribution in [0.15, 0.2) is 30.6 Å². The molecule has 1 atom stereocenters. The Balaban J connectivity index is 1.48. The number of rotatable bonds is 5. The van der Waals surface area contributed by atoms with Crippen molar-refractivity contribution in [3.63, 3.8) is 0 Å². The standard InChI is InChI=1S/C17H17ClFN5S/c18-12-10-11(3-4-13(12)19)5-6-20-15-17-23-22-16(14-2-1-9-25-14)24(17)8-7-21-15/h3-4,7-8,10,14H,1-2,5-6,9H2,(H,20,21)/t14-/m0/s1. The summed E-state index contributed by atoms with van der Waals surface area (Å²) in [7, 11) is 0. The third-order valence-electron chi connectivity index (χ3n) is 4.26. The molecule has 1 aromatic carbocycles. The zero-order valence-corrected chi connectivity index (χ0v) is 15.0. The number of thioether (sulfide) groups is 1. The summed E-state index contributed by atoms with van der Waals surface area (Å²) < 4.78 is 15.2. The molecule has 1 aliphatic heterocycles. The highest BCUT2D eigenvalue weighted by atomic mass is 35.5. The molecule has 1 aliphatic rings. The highest BCUT2D eigenvalue weighted by Crippen LogP contribution is 2.39. The van der Waals surface area contributed by atoms with E-state index in [1.165, 1.54) is 18.2 Å². The highest BCUT2D eigenvalue weighted by molar-refractivity contribution is 7.99. The molecular formula is C17H17ClFN5S. The molecule has 0 spiro atoms. The molecule has 1 saturated heterocycles. The van der Waals surface area contributed by atoms with Gasteiger partial charge >= 0.3 is 0 Å². The molecule has 4 rings (SSSR count). The lowest BCUT2D eigenvalue weighted by Gasteiger charge is -2.09. The summed E-state index contributed by atoms with van der Waals surface area (Å²) in [5.74, 6) is 2.48. The van der Waals surface area contributed by atoms with Gasteiger partial charge in [0, 0.05) is 18.9 Å². The number of anilines is 1. The van der Waals surface area contributed by atoms with E-state index in [2.05, 4.69) is 20.5 Å². The van der Waals surface area contributed by atoms with Crippen molar-refractivity contribution in [2.24, 2.45) is 0 Å². The molecule has 0 amide bonds. The SMILES string of the molecule is Fc1ccc(CCNc2nccn3c([C@@H]4CCCS4)nnc23)cc1Cl. The second-order valence-electron chi connectivity index (χ2n) is 5.95. The molecule has 2 aromatic heterocycles. The van der Waals surface area contributed by atoms with Crippen molar-refractivity contribution in [1.82, 2.24) is 19.6 Å². The lowest BCUT2D eigenvalue weighted by molar-refractivity contribution is 0.627. The maximum absolute atomic E-state index is 13.2. The Labute approximate surface area is 154 Å². The third-order valence-corrected chi connectivity index (χ3v) is 5.92. The summed E-state index contributed by atoms with van der Waals surface area (Å²) in [6.45, 7) is 0.648. The minimum atomic E-state index is -0.398. The van der Waals surface area contributed by atoms with Gasteiger partial charge in [-0.1, -0.05) is 17.7 Å². The predicted molar refractivity (Wildman–Crippen MR) is 98.8 cm³/mol. The average molecular weight is 378 g/mol. The number of nitrogens with one attached hydrogen (secondary N) is 1. The lowest BCUT2D eigenvalue weighted by atomic mass is 10.1. The average Bonchev–Trinajstić information content (AvgIpc) is 3.27. The number of benzene rings is 1. The van der Waals surface area contributed by atoms with Gasteiger partial charge < -0.3 is 5.32 Å². The van der Waals surface area contributed by atoms with Crippen molar-refractivity contribution in [3.05, 3.63) is 52.8 Å². The van der Waals surface area contributed by atoms with Crippen molar-refractivity contribution in [3.8, 4) is 0 Å². The van der Waals surface area contributed by atoms with Gasteiger partial charge in [0.05, 0.1) is 10.3 Å². The van der Waals surface area contributed by atoms with Crippen LogP contribution in [0.4, 0.5) is 10.2 Å². The van der Waals surface area contributed by atoms with E-state index >= 15 is 0 Å². The minimum Gasteiger partial charge on any atom is -0.367 e. The van der Waals surface area contributed by atoms with E-state index in [4.69, 9.17) is 11.6 Å². The van der Waals surface area contributed by atoms with Crippen LogP contribution in [-0.4, -0.2) is 31.9 Å². The Morgan fingerprint density at radius 1 is 1.36 bits per heavy atom. The lowest BCUT2D eigenvalue weighted by Crippen LogP contribution is -2.08. The molecule has 130 valence electrons. The molecule has 0 radical (unpaired) electrons. The van der Waals surface area contributed by atoms with E-state index in [0.29, 0.717) is 24.0 Å². The monoisotopic (exact) mass is 377 g/mol. The number of hydrogen-bond acceptors (Lipinski definition) is 5. The number of nitrogens with zero attached hydrogens (tertiary/aromatic N) is 4. The van der Waals surface area contributed by atoms with E-state index < -0.39 is 5.82 Å². The van der Waals surface area contributed by atoms with Crippen LogP contribution in [0.25, 0.3) is 5.65 Å². The van der Waals surface area contributed by atoms with E-state index in [1.807, 2.05) is 22.4 Å². The summed E-state index contributed by atoms with van der Waals surface area (Å²) in [4.78, 5) is 4.38. The Bertz CT molecular complexity index is 894. The first-order valence-corrected chi connectivity index (χ1v) is 9.64. The van der Waals surface area contributed by atoms with E-state index in [-0.39, 0.29) is 5.02 Å². The van der Waals surface area contributed by atoms with E-state index in [9.17, 15) is 4.39 Å². The smallest absolute Gasteiger partial charge is 0.203 e. The van der Waals surface area contributed by atoms with Crippen LogP contribution in [-0.2, 0) is 6.42 Å². The summed E-state index contributed by atoms with van der Waals surface area (Å²) in [6.07, 6.45) is 6.75. The largest absolute Gasteiger partial charge is 0.367 e. The van der Waals surface area contributed by atoms with Crippen LogP contribution in [0.3, 0.4) is 0 Å². The molecule has 3 heterocycles. The van der Waals surface area contributed by atoms with Crippen LogP contribution in [0.2, 0.25) is 5.02 Å². The van der Waals surface area contributed by atoms with Crippen molar-refractivity contribution in [2.75, 3.05) is 17.6 Å². The second-order valence-corrected chi connectivity index (χ2v) is 7.67. The second kappa shape index (κ2) is 7.17. The number of hydrogen-bond donors (Lipinski definition) is 1. The normalized spacial score (nSPS) is 17.3. The van der Waals surface area contributed by atoms with Crippen LogP contribution in [0.1, 0.15) is 29.5 Å². The van der Waals surface area contributed by atoms with Crippen LogP contribution < -0.4 is 5.32 Å². The number of fused-ring (bicyclic) bond motifs is 1. The first kappa shape index (κ1) is 16.6. The number of halogens is 2. The Morgan fingerprint density at radius 3 is 3.08 bits per heavy atom. The van der Waals surface area contributed by atoms with Crippen molar-refractivity contribution in [1.29, 1.82) is 0 Å². The molecule has 3 aromatic rings. The molecule has 25 heavy (non-hydrogen) atoms. The van der Waals surface area contributed by atoms with Gasteiger partial charge in [0.2, 0.25) is 5.65 Å².